The van der Waals surface area contributed by atoms with E-state index < -0.39 is 0 Å². The molecule has 2 aromatic carbocycles. The van der Waals surface area contributed by atoms with E-state index >= 15 is 0 Å². The third kappa shape index (κ3) is 3.96. The Morgan fingerprint density at radius 1 is 1.04 bits per heavy atom. The highest BCUT2D eigenvalue weighted by Crippen LogP contribution is 2.25. The maximum Gasteiger partial charge on any atom is 0.261 e. The van der Waals surface area contributed by atoms with Crippen molar-refractivity contribution in [3.05, 3.63) is 59.2 Å². The number of rotatable bonds is 6. The van der Waals surface area contributed by atoms with Crippen LogP contribution in [-0.4, -0.2) is 35.4 Å². The lowest BCUT2D eigenvalue weighted by atomic mass is 10.1. The minimum atomic E-state index is -0.337. The Bertz CT molecular complexity index is 862. The molecule has 0 atom stereocenters. The predicted molar refractivity (Wildman–Crippen MR) is 103 cm³/mol. The average molecular weight is 368 g/mol. The Hall–Kier alpha value is -2.60. The second-order valence-corrected chi connectivity index (χ2v) is 7.41. The summed E-state index contributed by atoms with van der Waals surface area (Å²) < 4.78 is 0. The first-order valence-corrected chi connectivity index (χ1v) is 9.40. The van der Waals surface area contributed by atoms with Gasteiger partial charge in [-0.1, -0.05) is 17.7 Å². The quantitative estimate of drug-likeness (QED) is 0.479. The molecule has 3 rings (SSSR count). The summed E-state index contributed by atoms with van der Waals surface area (Å²) in [4.78, 5) is 38.2. The number of benzene rings is 2. The second-order valence-electron chi connectivity index (χ2n) is 6.24. The number of thioether (sulfide) groups is 1. The van der Waals surface area contributed by atoms with Crippen LogP contribution in [0.15, 0.2) is 47.4 Å². The first-order chi connectivity index (χ1) is 12.5. The molecular weight excluding hydrogens is 348 g/mol. The summed E-state index contributed by atoms with van der Waals surface area (Å²) in [5.74, 6) is 0.115. The molecule has 1 aliphatic heterocycles. The lowest BCUT2D eigenvalue weighted by Gasteiger charge is -2.06. The van der Waals surface area contributed by atoms with Crippen molar-refractivity contribution < 1.29 is 14.4 Å². The van der Waals surface area contributed by atoms with Gasteiger partial charge in [-0.15, -0.1) is 11.8 Å². The first kappa shape index (κ1) is 18.2. The molecular formula is C20H20N2O3S. The predicted octanol–water partition coefficient (Wildman–Crippen LogP) is 3.73. The highest BCUT2D eigenvalue weighted by Gasteiger charge is 2.32. The lowest BCUT2D eigenvalue weighted by Crippen LogP contribution is -2.24. The van der Waals surface area contributed by atoms with Crippen LogP contribution in [0.3, 0.4) is 0 Å². The SMILES string of the molecule is Cc1ccc(SCCCC(=O)Nc2ccc3c(c2)C(=O)N(C)C3=O)cc1. The summed E-state index contributed by atoms with van der Waals surface area (Å²) in [6.07, 6.45) is 1.16. The van der Waals surface area contributed by atoms with Crippen LogP contribution < -0.4 is 5.32 Å². The molecule has 0 aromatic heterocycles. The Labute approximate surface area is 156 Å². The fourth-order valence-electron chi connectivity index (χ4n) is 2.72. The molecule has 0 saturated carbocycles. The third-order valence-electron chi connectivity index (χ3n) is 4.21. The molecule has 2 aromatic rings. The zero-order chi connectivity index (χ0) is 18.7. The summed E-state index contributed by atoms with van der Waals surface area (Å²) in [7, 11) is 1.45. The van der Waals surface area contributed by atoms with Crippen molar-refractivity contribution in [2.75, 3.05) is 18.1 Å². The van der Waals surface area contributed by atoms with Crippen LogP contribution in [0.25, 0.3) is 0 Å². The largest absolute Gasteiger partial charge is 0.326 e. The van der Waals surface area contributed by atoms with E-state index in [1.54, 1.807) is 30.0 Å². The standard InChI is InChI=1S/C20H20N2O3S/c1-13-5-8-15(9-6-13)26-11-3-4-18(23)21-14-7-10-16-17(12-14)20(25)22(2)19(16)24/h5-10,12H,3-4,11H2,1-2H3,(H,21,23). The Morgan fingerprint density at radius 3 is 2.46 bits per heavy atom. The number of hydrogen-bond acceptors (Lipinski definition) is 4. The van der Waals surface area contributed by atoms with Crippen molar-refractivity contribution in [1.29, 1.82) is 0 Å². The molecule has 0 radical (unpaired) electrons. The van der Waals surface area contributed by atoms with Crippen molar-refractivity contribution in [2.24, 2.45) is 0 Å². The van der Waals surface area contributed by atoms with E-state index in [0.29, 0.717) is 23.2 Å². The van der Waals surface area contributed by atoms with Crippen LogP contribution in [0, 0.1) is 6.92 Å². The summed E-state index contributed by atoms with van der Waals surface area (Å²) in [6.45, 7) is 2.05. The number of imide groups is 1. The molecule has 3 amide bonds. The number of nitrogens with one attached hydrogen (secondary N) is 1. The van der Waals surface area contributed by atoms with Gasteiger partial charge < -0.3 is 5.32 Å². The monoisotopic (exact) mass is 368 g/mol. The minimum Gasteiger partial charge on any atom is -0.326 e. The highest BCUT2D eigenvalue weighted by molar-refractivity contribution is 7.99. The molecule has 26 heavy (non-hydrogen) atoms. The molecule has 0 saturated heterocycles. The maximum atomic E-state index is 12.1. The number of nitrogens with zero attached hydrogens (tertiary/aromatic N) is 1. The van der Waals surface area contributed by atoms with E-state index in [-0.39, 0.29) is 17.7 Å². The summed E-state index contributed by atoms with van der Waals surface area (Å²) >= 11 is 1.73. The highest BCUT2D eigenvalue weighted by atomic mass is 32.2. The van der Waals surface area contributed by atoms with E-state index in [4.69, 9.17) is 0 Å². The fourth-order valence-corrected chi connectivity index (χ4v) is 3.57. The Morgan fingerprint density at radius 2 is 1.73 bits per heavy atom. The van der Waals surface area contributed by atoms with E-state index in [0.717, 1.165) is 17.1 Å². The summed E-state index contributed by atoms with van der Waals surface area (Å²) in [6, 6.07) is 13.1. The molecule has 1 aliphatic rings. The van der Waals surface area contributed by atoms with Crippen LogP contribution in [0.2, 0.25) is 0 Å². The van der Waals surface area contributed by atoms with Crippen LogP contribution in [0.5, 0.6) is 0 Å². The van der Waals surface area contributed by atoms with Crippen LogP contribution >= 0.6 is 11.8 Å². The molecule has 0 bridgehead atoms. The molecule has 1 N–H and O–H groups in total. The number of aryl methyl sites for hydroxylation is 1. The van der Waals surface area contributed by atoms with Gasteiger partial charge in [0.15, 0.2) is 0 Å². The van der Waals surface area contributed by atoms with Gasteiger partial charge in [0.1, 0.15) is 0 Å². The Balaban J connectivity index is 1.49. The van der Waals surface area contributed by atoms with Gasteiger partial charge in [-0.25, -0.2) is 0 Å². The van der Waals surface area contributed by atoms with E-state index in [2.05, 4.69) is 36.5 Å². The van der Waals surface area contributed by atoms with Crippen LogP contribution in [0.1, 0.15) is 39.1 Å². The average Bonchev–Trinajstić information content (AvgIpc) is 2.84. The number of anilines is 1. The van der Waals surface area contributed by atoms with Gasteiger partial charge in [-0.2, -0.15) is 0 Å². The Kier molecular flexibility index (Phi) is 5.42. The number of amides is 3. The topological polar surface area (TPSA) is 66.5 Å². The van der Waals surface area contributed by atoms with Crippen LogP contribution in [0.4, 0.5) is 5.69 Å². The van der Waals surface area contributed by atoms with Gasteiger partial charge in [0.25, 0.3) is 11.8 Å². The van der Waals surface area contributed by atoms with E-state index in [1.807, 2.05) is 0 Å². The lowest BCUT2D eigenvalue weighted by molar-refractivity contribution is -0.116. The zero-order valence-electron chi connectivity index (χ0n) is 14.7. The van der Waals surface area contributed by atoms with E-state index in [9.17, 15) is 14.4 Å². The fraction of sp³-hybridized carbons (Fsp3) is 0.250. The molecule has 1 heterocycles. The maximum absolute atomic E-state index is 12.1. The van der Waals surface area contributed by atoms with Crippen molar-refractivity contribution in [2.45, 2.75) is 24.7 Å². The number of fused-ring (bicyclic) bond motifs is 1. The molecule has 0 unspecified atom stereocenters. The molecule has 0 spiro atoms. The van der Waals surface area contributed by atoms with Gasteiger partial charge in [-0.3, -0.25) is 19.3 Å². The van der Waals surface area contributed by atoms with E-state index in [1.165, 1.54) is 17.5 Å². The number of carbonyl (C=O) groups excluding carboxylic acids is 3. The first-order valence-electron chi connectivity index (χ1n) is 8.41. The molecule has 0 aliphatic carbocycles. The van der Waals surface area contributed by atoms with Gasteiger partial charge in [-0.05, 0) is 49.4 Å². The van der Waals surface area contributed by atoms with Crippen molar-refractivity contribution >= 4 is 35.2 Å². The molecule has 134 valence electrons. The molecule has 6 heteroatoms. The molecule has 5 nitrogen and oxygen atoms in total. The molecule has 0 fully saturated rings. The van der Waals surface area contributed by atoms with Gasteiger partial charge in [0.05, 0.1) is 11.1 Å². The van der Waals surface area contributed by atoms with Crippen LogP contribution in [-0.2, 0) is 4.79 Å². The van der Waals surface area contributed by atoms with Crippen molar-refractivity contribution in [3.8, 4) is 0 Å². The minimum absolute atomic E-state index is 0.0976. The summed E-state index contributed by atoms with van der Waals surface area (Å²) in [5.41, 5.74) is 2.49. The smallest absolute Gasteiger partial charge is 0.261 e. The summed E-state index contributed by atoms with van der Waals surface area (Å²) in [5, 5.41) is 2.80. The van der Waals surface area contributed by atoms with Crippen molar-refractivity contribution in [1.82, 2.24) is 4.90 Å². The normalized spacial score (nSPS) is 13.1. The van der Waals surface area contributed by atoms with Gasteiger partial charge >= 0.3 is 0 Å². The third-order valence-corrected chi connectivity index (χ3v) is 5.31. The number of carbonyl (C=O) groups is 3. The van der Waals surface area contributed by atoms with Gasteiger partial charge in [0.2, 0.25) is 5.91 Å². The van der Waals surface area contributed by atoms with Crippen molar-refractivity contribution in [3.63, 3.8) is 0 Å². The zero-order valence-corrected chi connectivity index (χ0v) is 15.6. The number of hydrogen-bond donors (Lipinski definition) is 1. The second kappa shape index (κ2) is 7.74. The van der Waals surface area contributed by atoms with Gasteiger partial charge in [0, 0.05) is 24.1 Å².